The summed E-state index contributed by atoms with van der Waals surface area (Å²) in [4.78, 5) is 43.9. The summed E-state index contributed by atoms with van der Waals surface area (Å²) in [5.41, 5.74) is 3.39. The normalized spacial score (nSPS) is 11.6. The lowest BCUT2D eigenvalue weighted by Crippen LogP contribution is -2.41. The summed E-state index contributed by atoms with van der Waals surface area (Å²) in [6.07, 6.45) is 1.49. The highest BCUT2D eigenvalue weighted by atomic mass is 16.7. The van der Waals surface area contributed by atoms with Gasteiger partial charge in [-0.1, -0.05) is 24.3 Å². The number of fused-ring (bicyclic) bond motifs is 1. The molecule has 1 aliphatic rings. The number of rotatable bonds is 9. The Morgan fingerprint density at radius 1 is 0.944 bits per heavy atom. The van der Waals surface area contributed by atoms with E-state index in [0.717, 1.165) is 16.7 Å². The van der Waals surface area contributed by atoms with Gasteiger partial charge in [0.05, 0.1) is 0 Å². The van der Waals surface area contributed by atoms with E-state index >= 15 is 0 Å². The Morgan fingerprint density at radius 2 is 1.78 bits per heavy atom. The standard InChI is InChI=1S/C27H28N4O5/c1-18-6-5-7-21(19(18)2)31(27(34)12-11-25(32)30-24-8-3-4-13-28-24)16-26(33)29-15-20-9-10-22-23(14-20)36-17-35-22/h3-10,13-14H,11-12,15-17H2,1-2H3,(H,29,33)(H,28,30,32). The van der Waals surface area contributed by atoms with Crippen LogP contribution in [-0.4, -0.2) is 36.0 Å². The molecule has 0 fully saturated rings. The Hall–Kier alpha value is -4.40. The van der Waals surface area contributed by atoms with E-state index in [9.17, 15) is 14.4 Å². The summed E-state index contributed by atoms with van der Waals surface area (Å²) in [6, 6.07) is 16.2. The van der Waals surface area contributed by atoms with Gasteiger partial charge in [0, 0.05) is 31.3 Å². The molecule has 3 amide bonds. The van der Waals surface area contributed by atoms with Crippen molar-refractivity contribution in [3.63, 3.8) is 0 Å². The molecule has 0 radical (unpaired) electrons. The average molecular weight is 489 g/mol. The first-order valence-corrected chi connectivity index (χ1v) is 11.6. The van der Waals surface area contributed by atoms with Crippen molar-refractivity contribution in [2.24, 2.45) is 0 Å². The van der Waals surface area contributed by atoms with E-state index in [1.54, 1.807) is 36.5 Å². The van der Waals surface area contributed by atoms with Gasteiger partial charge in [0.15, 0.2) is 11.5 Å². The topological polar surface area (TPSA) is 110 Å². The second kappa shape index (κ2) is 11.4. The minimum absolute atomic E-state index is 0.0322. The minimum Gasteiger partial charge on any atom is -0.454 e. The molecule has 1 aromatic heterocycles. The number of hydrogen-bond donors (Lipinski definition) is 2. The molecule has 0 atom stereocenters. The number of amides is 3. The molecular formula is C27H28N4O5. The second-order valence-corrected chi connectivity index (χ2v) is 8.43. The number of pyridine rings is 1. The summed E-state index contributed by atoms with van der Waals surface area (Å²) >= 11 is 0. The van der Waals surface area contributed by atoms with Crippen LogP contribution in [0.1, 0.15) is 29.5 Å². The van der Waals surface area contributed by atoms with Gasteiger partial charge in [-0.25, -0.2) is 4.98 Å². The van der Waals surface area contributed by atoms with E-state index < -0.39 is 0 Å². The van der Waals surface area contributed by atoms with Crippen molar-refractivity contribution < 1.29 is 23.9 Å². The fraction of sp³-hybridized carbons (Fsp3) is 0.259. The van der Waals surface area contributed by atoms with Gasteiger partial charge in [-0.15, -0.1) is 0 Å². The number of aromatic nitrogens is 1. The van der Waals surface area contributed by atoms with E-state index in [0.29, 0.717) is 23.0 Å². The van der Waals surface area contributed by atoms with Gasteiger partial charge in [0.25, 0.3) is 0 Å². The molecule has 36 heavy (non-hydrogen) atoms. The molecule has 186 valence electrons. The van der Waals surface area contributed by atoms with Crippen LogP contribution in [0.4, 0.5) is 11.5 Å². The SMILES string of the molecule is Cc1cccc(N(CC(=O)NCc2ccc3c(c2)OCO3)C(=O)CCC(=O)Nc2ccccn2)c1C. The Kier molecular flexibility index (Phi) is 7.79. The van der Waals surface area contributed by atoms with Gasteiger partial charge in [0.1, 0.15) is 12.4 Å². The number of ether oxygens (including phenoxy) is 2. The van der Waals surface area contributed by atoms with Crippen LogP contribution in [-0.2, 0) is 20.9 Å². The zero-order chi connectivity index (χ0) is 25.5. The van der Waals surface area contributed by atoms with Crippen molar-refractivity contribution in [1.82, 2.24) is 10.3 Å². The Morgan fingerprint density at radius 3 is 2.58 bits per heavy atom. The molecule has 9 nitrogen and oxygen atoms in total. The molecule has 9 heteroatoms. The number of aryl methyl sites for hydroxylation is 1. The zero-order valence-corrected chi connectivity index (χ0v) is 20.2. The summed E-state index contributed by atoms with van der Waals surface area (Å²) in [5, 5.41) is 5.53. The summed E-state index contributed by atoms with van der Waals surface area (Å²) < 4.78 is 10.7. The average Bonchev–Trinajstić information content (AvgIpc) is 3.35. The van der Waals surface area contributed by atoms with Gasteiger partial charge in [-0.05, 0) is 60.9 Å². The molecule has 4 rings (SSSR count). The second-order valence-electron chi connectivity index (χ2n) is 8.43. The molecule has 0 unspecified atom stereocenters. The predicted molar refractivity (Wildman–Crippen MR) is 135 cm³/mol. The van der Waals surface area contributed by atoms with Crippen molar-refractivity contribution in [2.45, 2.75) is 33.2 Å². The van der Waals surface area contributed by atoms with Crippen molar-refractivity contribution in [3.8, 4) is 11.5 Å². The first-order chi connectivity index (χ1) is 17.4. The van der Waals surface area contributed by atoms with Crippen LogP contribution >= 0.6 is 0 Å². The van der Waals surface area contributed by atoms with E-state index in [1.807, 2.05) is 38.1 Å². The van der Waals surface area contributed by atoms with Crippen molar-refractivity contribution in [3.05, 3.63) is 77.5 Å². The van der Waals surface area contributed by atoms with Crippen LogP contribution in [0.15, 0.2) is 60.8 Å². The molecule has 2 heterocycles. The summed E-state index contributed by atoms with van der Waals surface area (Å²) in [7, 11) is 0. The number of hydrogen-bond acceptors (Lipinski definition) is 6. The summed E-state index contributed by atoms with van der Waals surface area (Å²) in [6.45, 7) is 4.13. The third-order valence-corrected chi connectivity index (χ3v) is 5.89. The lowest BCUT2D eigenvalue weighted by atomic mass is 10.1. The highest BCUT2D eigenvalue weighted by molar-refractivity contribution is 6.01. The van der Waals surface area contributed by atoms with E-state index in [1.165, 1.54) is 4.90 Å². The van der Waals surface area contributed by atoms with Crippen LogP contribution in [0, 0.1) is 13.8 Å². The third-order valence-electron chi connectivity index (χ3n) is 5.89. The molecule has 3 aromatic rings. The van der Waals surface area contributed by atoms with E-state index in [2.05, 4.69) is 15.6 Å². The van der Waals surface area contributed by atoms with Gasteiger partial charge >= 0.3 is 0 Å². The van der Waals surface area contributed by atoms with Crippen molar-refractivity contribution in [2.75, 3.05) is 23.6 Å². The fourth-order valence-corrected chi connectivity index (χ4v) is 3.78. The number of nitrogens with zero attached hydrogens (tertiary/aromatic N) is 2. The number of carbonyl (C=O) groups excluding carboxylic acids is 3. The zero-order valence-electron chi connectivity index (χ0n) is 20.2. The molecule has 1 aliphatic heterocycles. The number of carbonyl (C=O) groups is 3. The quantitative estimate of drug-likeness (QED) is 0.477. The maximum absolute atomic E-state index is 13.2. The predicted octanol–water partition coefficient (Wildman–Crippen LogP) is 3.50. The number of benzene rings is 2. The molecule has 0 bridgehead atoms. The molecule has 0 spiro atoms. The van der Waals surface area contributed by atoms with Gasteiger partial charge in [-0.3, -0.25) is 14.4 Å². The van der Waals surface area contributed by atoms with E-state index in [4.69, 9.17) is 9.47 Å². The molecular weight excluding hydrogens is 460 g/mol. The first-order valence-electron chi connectivity index (χ1n) is 11.6. The molecule has 2 aromatic carbocycles. The van der Waals surface area contributed by atoms with Gasteiger partial charge in [0.2, 0.25) is 24.5 Å². The maximum atomic E-state index is 13.2. The fourth-order valence-electron chi connectivity index (χ4n) is 3.78. The Balaban J connectivity index is 1.40. The van der Waals surface area contributed by atoms with Crippen LogP contribution in [0.2, 0.25) is 0 Å². The Labute approximate surface area is 209 Å². The molecule has 0 aliphatic carbocycles. The van der Waals surface area contributed by atoms with Crippen molar-refractivity contribution >= 4 is 29.2 Å². The number of nitrogens with one attached hydrogen (secondary N) is 2. The van der Waals surface area contributed by atoms with Crippen LogP contribution in [0.3, 0.4) is 0 Å². The third kappa shape index (κ3) is 6.18. The monoisotopic (exact) mass is 488 g/mol. The van der Waals surface area contributed by atoms with Crippen LogP contribution < -0.4 is 25.0 Å². The lowest BCUT2D eigenvalue weighted by Gasteiger charge is -2.25. The molecule has 2 N–H and O–H groups in total. The van der Waals surface area contributed by atoms with Crippen LogP contribution in [0.5, 0.6) is 11.5 Å². The first kappa shape index (κ1) is 24.7. The van der Waals surface area contributed by atoms with Crippen molar-refractivity contribution in [1.29, 1.82) is 0 Å². The largest absolute Gasteiger partial charge is 0.454 e. The van der Waals surface area contributed by atoms with E-state index in [-0.39, 0.29) is 50.4 Å². The Bertz CT molecular complexity index is 1260. The van der Waals surface area contributed by atoms with Gasteiger partial charge in [-0.2, -0.15) is 0 Å². The molecule has 0 saturated heterocycles. The highest BCUT2D eigenvalue weighted by Gasteiger charge is 2.22. The van der Waals surface area contributed by atoms with Crippen LogP contribution in [0.25, 0.3) is 0 Å². The highest BCUT2D eigenvalue weighted by Crippen LogP contribution is 2.32. The van der Waals surface area contributed by atoms with Gasteiger partial charge < -0.3 is 25.0 Å². The molecule has 0 saturated carbocycles. The smallest absolute Gasteiger partial charge is 0.240 e. The lowest BCUT2D eigenvalue weighted by molar-refractivity contribution is -0.125. The minimum atomic E-state index is -0.324. The summed E-state index contributed by atoms with van der Waals surface area (Å²) in [5.74, 6) is 0.763. The number of anilines is 2. The maximum Gasteiger partial charge on any atom is 0.240 e.